The first kappa shape index (κ1) is 34.4. The van der Waals surface area contributed by atoms with Crippen LogP contribution in [0, 0.1) is 0 Å². The van der Waals surface area contributed by atoms with E-state index >= 15 is 0 Å². The zero-order valence-corrected chi connectivity index (χ0v) is 27.4. The van der Waals surface area contributed by atoms with E-state index in [9.17, 15) is 18.9 Å². The molecule has 13 nitrogen and oxygen atoms in total. The second-order valence-electron chi connectivity index (χ2n) is 10.7. The van der Waals surface area contributed by atoms with Crippen LogP contribution in [0.4, 0.5) is 10.5 Å². The zero-order valence-electron chi connectivity index (χ0n) is 26.5. The average molecular weight is 646 g/mol. The number of benzene rings is 1. The molecule has 0 saturated carbocycles. The van der Waals surface area contributed by atoms with Crippen molar-refractivity contribution in [2.24, 2.45) is 0 Å². The maximum atomic E-state index is 13.9. The van der Waals surface area contributed by atoms with Crippen molar-refractivity contribution in [1.29, 1.82) is 0 Å². The first-order valence-electron chi connectivity index (χ1n) is 15.4. The summed E-state index contributed by atoms with van der Waals surface area (Å²) in [5, 5.41) is 2.80. The van der Waals surface area contributed by atoms with Gasteiger partial charge in [-0.05, 0) is 39.3 Å². The van der Waals surface area contributed by atoms with Gasteiger partial charge < -0.3 is 38.5 Å². The van der Waals surface area contributed by atoms with E-state index in [-0.39, 0.29) is 64.0 Å². The highest BCUT2D eigenvalue weighted by Gasteiger charge is 2.37. The number of pyridine rings is 1. The van der Waals surface area contributed by atoms with E-state index in [4.69, 9.17) is 18.5 Å². The molecular weight excluding hydrogens is 601 g/mol. The normalized spacial score (nSPS) is 17.7. The van der Waals surface area contributed by atoms with Crippen LogP contribution >= 0.6 is 7.60 Å². The van der Waals surface area contributed by atoms with Crippen molar-refractivity contribution in [2.75, 3.05) is 77.3 Å². The van der Waals surface area contributed by atoms with Crippen LogP contribution in [0.3, 0.4) is 0 Å². The fourth-order valence-electron chi connectivity index (χ4n) is 5.45. The summed E-state index contributed by atoms with van der Waals surface area (Å²) in [6, 6.07) is 11.9. The lowest BCUT2D eigenvalue weighted by Crippen LogP contribution is -2.57. The SMILES string of the molecule is CCOC(=O)N1CCN(C(=O)[C@@H](CP(=O)(OCC)OCC)NC(=O)c2cc(N3CC[C@H](OC)C3)cc(-c3ccccc3)n2)CC1. The van der Waals surface area contributed by atoms with E-state index in [0.29, 0.717) is 12.2 Å². The highest BCUT2D eigenvalue weighted by atomic mass is 31.2. The predicted octanol–water partition coefficient (Wildman–Crippen LogP) is 3.64. The lowest BCUT2D eigenvalue weighted by Gasteiger charge is -2.36. The smallest absolute Gasteiger partial charge is 0.409 e. The van der Waals surface area contributed by atoms with Gasteiger partial charge in [-0.25, -0.2) is 9.78 Å². The van der Waals surface area contributed by atoms with Crippen molar-refractivity contribution in [3.05, 3.63) is 48.2 Å². The molecule has 2 aliphatic rings. The molecule has 0 bridgehead atoms. The number of carbonyl (C=O) groups is 3. The molecule has 2 aromatic rings. The quantitative estimate of drug-likeness (QED) is 0.321. The molecule has 0 unspecified atom stereocenters. The zero-order chi connectivity index (χ0) is 32.4. The summed E-state index contributed by atoms with van der Waals surface area (Å²) in [4.78, 5) is 49.9. The first-order valence-corrected chi connectivity index (χ1v) is 17.2. The molecule has 1 aromatic carbocycles. The third-order valence-electron chi connectivity index (χ3n) is 7.73. The van der Waals surface area contributed by atoms with Crippen molar-refractivity contribution in [1.82, 2.24) is 20.1 Å². The summed E-state index contributed by atoms with van der Waals surface area (Å²) in [5.74, 6) is -1.05. The van der Waals surface area contributed by atoms with Gasteiger partial charge in [0.05, 0.1) is 37.8 Å². The standard InChI is InChI=1S/C31H44N5O8P/c1-5-42-31(39)35-17-15-34(16-18-35)30(38)28(22-45(40,43-6-2)44-7-3)33-29(37)27-20-24(36-14-13-25(21-36)41-4)19-26(32-27)23-11-9-8-10-12-23/h8-12,19-20,25,28H,5-7,13-18,21-22H2,1-4H3,(H,33,37)/t25-,28+/m0/s1. The number of amides is 3. The van der Waals surface area contributed by atoms with E-state index < -0.39 is 31.5 Å². The molecule has 0 radical (unpaired) electrons. The van der Waals surface area contributed by atoms with Crippen LogP contribution in [-0.2, 0) is 27.9 Å². The first-order chi connectivity index (χ1) is 21.7. The molecule has 14 heteroatoms. The van der Waals surface area contributed by atoms with Gasteiger partial charge in [0.2, 0.25) is 5.91 Å². The van der Waals surface area contributed by atoms with Crippen LogP contribution in [0.1, 0.15) is 37.7 Å². The van der Waals surface area contributed by atoms with Crippen LogP contribution in [0.25, 0.3) is 11.3 Å². The number of nitrogens with one attached hydrogen (secondary N) is 1. The molecule has 45 heavy (non-hydrogen) atoms. The van der Waals surface area contributed by atoms with Crippen LogP contribution in [0.2, 0.25) is 0 Å². The second-order valence-corrected chi connectivity index (χ2v) is 12.8. The molecule has 2 atom stereocenters. The van der Waals surface area contributed by atoms with Crippen LogP contribution in [0.15, 0.2) is 42.5 Å². The van der Waals surface area contributed by atoms with Gasteiger partial charge >= 0.3 is 13.7 Å². The number of aromatic nitrogens is 1. The number of hydrogen-bond acceptors (Lipinski definition) is 10. The Kier molecular flexibility index (Phi) is 12.3. The average Bonchev–Trinajstić information content (AvgIpc) is 3.54. The van der Waals surface area contributed by atoms with Gasteiger partial charge in [0.15, 0.2) is 0 Å². The largest absolute Gasteiger partial charge is 0.450 e. The molecule has 4 rings (SSSR count). The van der Waals surface area contributed by atoms with Gasteiger partial charge in [-0.1, -0.05) is 30.3 Å². The minimum absolute atomic E-state index is 0.0770. The van der Waals surface area contributed by atoms with Crippen molar-refractivity contribution >= 4 is 31.2 Å². The van der Waals surface area contributed by atoms with Crippen molar-refractivity contribution < 1.29 is 37.5 Å². The van der Waals surface area contributed by atoms with Gasteiger partial charge in [-0.3, -0.25) is 14.2 Å². The molecule has 2 fully saturated rings. The Hall–Kier alpha value is -3.51. The number of nitrogens with zero attached hydrogens (tertiary/aromatic N) is 4. The van der Waals surface area contributed by atoms with Gasteiger partial charge in [-0.2, -0.15) is 0 Å². The Balaban J connectivity index is 1.62. The Morgan fingerprint density at radius 1 is 0.956 bits per heavy atom. The lowest BCUT2D eigenvalue weighted by molar-refractivity contribution is -0.134. The Bertz CT molecular complexity index is 1340. The summed E-state index contributed by atoms with van der Waals surface area (Å²) in [6.45, 7) is 7.95. The molecule has 1 N–H and O–H groups in total. The van der Waals surface area contributed by atoms with Gasteiger partial charge in [0, 0.05) is 57.6 Å². The number of ether oxygens (including phenoxy) is 2. The molecule has 1 aromatic heterocycles. The minimum Gasteiger partial charge on any atom is -0.450 e. The van der Waals surface area contributed by atoms with E-state index in [1.807, 2.05) is 36.4 Å². The van der Waals surface area contributed by atoms with Gasteiger partial charge in [0.1, 0.15) is 11.7 Å². The predicted molar refractivity (Wildman–Crippen MR) is 169 cm³/mol. The highest BCUT2D eigenvalue weighted by molar-refractivity contribution is 7.54. The number of methoxy groups -OCH3 is 1. The van der Waals surface area contributed by atoms with Crippen molar-refractivity contribution in [3.63, 3.8) is 0 Å². The molecule has 2 aliphatic heterocycles. The summed E-state index contributed by atoms with van der Waals surface area (Å²) < 4.78 is 35.2. The minimum atomic E-state index is -3.75. The van der Waals surface area contributed by atoms with Gasteiger partial charge in [-0.15, -0.1) is 0 Å². The van der Waals surface area contributed by atoms with Crippen molar-refractivity contribution in [3.8, 4) is 11.3 Å². The summed E-state index contributed by atoms with van der Waals surface area (Å²) >= 11 is 0. The number of anilines is 1. The summed E-state index contributed by atoms with van der Waals surface area (Å²) in [6.07, 6.45) is 0.130. The highest BCUT2D eigenvalue weighted by Crippen LogP contribution is 2.48. The molecule has 2 saturated heterocycles. The van der Waals surface area contributed by atoms with Crippen LogP contribution in [0.5, 0.6) is 0 Å². The molecule has 0 aliphatic carbocycles. The lowest BCUT2D eigenvalue weighted by atomic mass is 10.1. The molecule has 0 spiro atoms. The molecule has 3 heterocycles. The maximum Gasteiger partial charge on any atom is 0.409 e. The number of rotatable bonds is 13. The Morgan fingerprint density at radius 3 is 2.22 bits per heavy atom. The van der Waals surface area contributed by atoms with Crippen LogP contribution in [-0.4, -0.2) is 117 Å². The fourth-order valence-corrected chi connectivity index (χ4v) is 7.22. The molecular formula is C31H44N5O8P. The number of piperazine rings is 1. The summed E-state index contributed by atoms with van der Waals surface area (Å²) in [7, 11) is -2.06. The van der Waals surface area contributed by atoms with E-state index in [2.05, 4.69) is 15.2 Å². The molecule has 246 valence electrons. The summed E-state index contributed by atoms with van der Waals surface area (Å²) in [5.41, 5.74) is 2.35. The second kappa shape index (κ2) is 16.2. The Labute approximate surface area is 264 Å². The van der Waals surface area contributed by atoms with E-state index in [0.717, 1.165) is 24.2 Å². The van der Waals surface area contributed by atoms with Gasteiger partial charge in [0.25, 0.3) is 5.91 Å². The topological polar surface area (TPSA) is 140 Å². The number of carbonyl (C=O) groups excluding carboxylic acids is 3. The number of hydrogen-bond donors (Lipinski definition) is 1. The van der Waals surface area contributed by atoms with Crippen molar-refractivity contribution in [2.45, 2.75) is 39.3 Å². The van der Waals surface area contributed by atoms with E-state index in [1.165, 1.54) is 9.80 Å². The fraction of sp³-hybridized carbons (Fsp3) is 0.548. The molecule has 3 amide bonds. The Morgan fingerprint density at radius 2 is 1.62 bits per heavy atom. The third kappa shape index (κ3) is 9.03. The maximum absolute atomic E-state index is 13.9. The monoisotopic (exact) mass is 645 g/mol. The third-order valence-corrected chi connectivity index (χ3v) is 9.85. The van der Waals surface area contributed by atoms with Crippen LogP contribution < -0.4 is 10.2 Å². The van der Waals surface area contributed by atoms with E-state index in [1.54, 1.807) is 33.9 Å².